The van der Waals surface area contributed by atoms with Crippen molar-refractivity contribution >= 4 is 11.6 Å². The molecule has 0 spiro atoms. The van der Waals surface area contributed by atoms with E-state index >= 15 is 0 Å². The molecule has 1 heterocycles. The number of hydrogen-bond acceptors (Lipinski definition) is 3. The van der Waals surface area contributed by atoms with Gasteiger partial charge in [-0.1, -0.05) is 48.5 Å². The zero-order valence-electron chi connectivity index (χ0n) is 15.1. The number of carbonyl (C=O) groups is 1. The molecule has 0 aliphatic carbocycles. The lowest BCUT2D eigenvalue weighted by molar-refractivity contribution is -0.141. The van der Waals surface area contributed by atoms with Gasteiger partial charge < -0.3 is 9.47 Å². The fourth-order valence-electron chi connectivity index (χ4n) is 3.57. The summed E-state index contributed by atoms with van der Waals surface area (Å²) in [4.78, 5) is 14.9. The van der Waals surface area contributed by atoms with Gasteiger partial charge in [-0.25, -0.2) is 0 Å². The highest BCUT2D eigenvalue weighted by molar-refractivity contribution is 5.98. The first-order chi connectivity index (χ1) is 12.1. The fourth-order valence-corrected chi connectivity index (χ4v) is 3.57. The van der Waals surface area contributed by atoms with Gasteiger partial charge in [-0.05, 0) is 32.4 Å². The number of anilines is 1. The van der Waals surface area contributed by atoms with Gasteiger partial charge in [-0.3, -0.25) is 9.69 Å². The van der Waals surface area contributed by atoms with Crippen LogP contribution in [0.1, 0.15) is 31.9 Å². The lowest BCUT2D eigenvalue weighted by Gasteiger charge is -2.35. The van der Waals surface area contributed by atoms with Crippen molar-refractivity contribution in [3.63, 3.8) is 0 Å². The van der Waals surface area contributed by atoms with Crippen LogP contribution >= 0.6 is 0 Å². The van der Waals surface area contributed by atoms with Crippen molar-refractivity contribution in [2.24, 2.45) is 0 Å². The van der Waals surface area contributed by atoms with Crippen molar-refractivity contribution in [2.75, 3.05) is 18.1 Å². The Labute approximate surface area is 149 Å². The molecule has 0 N–H and O–H groups in total. The molecule has 0 bridgehead atoms. The van der Waals surface area contributed by atoms with Crippen LogP contribution in [0.15, 0.2) is 54.6 Å². The SMILES string of the molecule is CCOC1N(C(=O)Cc2ccccc2)c2ccccc2C1(C)OCC. The van der Waals surface area contributed by atoms with E-state index in [0.29, 0.717) is 19.6 Å². The molecule has 0 radical (unpaired) electrons. The van der Waals surface area contributed by atoms with Crippen LogP contribution in [0.25, 0.3) is 0 Å². The second-order valence-corrected chi connectivity index (χ2v) is 6.29. The van der Waals surface area contributed by atoms with Crippen LogP contribution in [-0.4, -0.2) is 25.3 Å². The highest BCUT2D eigenvalue weighted by Crippen LogP contribution is 2.46. The summed E-state index contributed by atoms with van der Waals surface area (Å²) >= 11 is 0. The molecule has 3 rings (SSSR count). The average Bonchev–Trinajstić information content (AvgIpc) is 2.86. The van der Waals surface area contributed by atoms with Crippen molar-refractivity contribution in [1.82, 2.24) is 0 Å². The van der Waals surface area contributed by atoms with E-state index in [4.69, 9.17) is 9.47 Å². The molecule has 4 heteroatoms. The molecule has 132 valence electrons. The maximum atomic E-state index is 13.1. The van der Waals surface area contributed by atoms with Gasteiger partial charge >= 0.3 is 0 Å². The molecule has 0 aromatic heterocycles. The van der Waals surface area contributed by atoms with E-state index in [-0.39, 0.29) is 5.91 Å². The molecule has 0 saturated carbocycles. The second-order valence-electron chi connectivity index (χ2n) is 6.29. The summed E-state index contributed by atoms with van der Waals surface area (Å²) in [5.74, 6) is 0.0144. The van der Waals surface area contributed by atoms with Crippen LogP contribution in [0.2, 0.25) is 0 Å². The Hall–Kier alpha value is -2.17. The van der Waals surface area contributed by atoms with Crippen LogP contribution in [-0.2, 0) is 26.3 Å². The number of hydrogen-bond donors (Lipinski definition) is 0. The van der Waals surface area contributed by atoms with Gasteiger partial charge in [0.15, 0.2) is 6.23 Å². The molecule has 1 amide bonds. The molecule has 0 fully saturated rings. The third-order valence-corrected chi connectivity index (χ3v) is 4.64. The Morgan fingerprint density at radius 1 is 1.04 bits per heavy atom. The van der Waals surface area contributed by atoms with Crippen molar-refractivity contribution in [3.05, 3.63) is 65.7 Å². The molecule has 2 atom stereocenters. The summed E-state index contributed by atoms with van der Waals surface area (Å²) in [6.45, 7) is 6.97. The normalized spacial score (nSPS) is 22.0. The minimum atomic E-state index is -0.673. The Morgan fingerprint density at radius 3 is 2.40 bits per heavy atom. The first kappa shape index (κ1) is 17.6. The zero-order valence-corrected chi connectivity index (χ0v) is 15.1. The molecule has 0 saturated heterocycles. The summed E-state index contributed by atoms with van der Waals surface area (Å²) in [6, 6.07) is 17.7. The van der Waals surface area contributed by atoms with E-state index in [1.54, 1.807) is 4.90 Å². The van der Waals surface area contributed by atoms with Crippen molar-refractivity contribution in [3.8, 4) is 0 Å². The van der Waals surface area contributed by atoms with E-state index in [9.17, 15) is 4.79 Å². The van der Waals surface area contributed by atoms with Gasteiger partial charge in [-0.2, -0.15) is 0 Å². The van der Waals surface area contributed by atoms with Gasteiger partial charge in [0.2, 0.25) is 5.91 Å². The number of nitrogens with zero attached hydrogens (tertiary/aromatic N) is 1. The van der Waals surface area contributed by atoms with Crippen LogP contribution in [0, 0.1) is 0 Å². The quantitative estimate of drug-likeness (QED) is 0.801. The summed E-state index contributed by atoms with van der Waals surface area (Å²) in [7, 11) is 0. The maximum absolute atomic E-state index is 13.1. The zero-order chi connectivity index (χ0) is 17.9. The Bertz CT molecular complexity index is 731. The third kappa shape index (κ3) is 3.20. The largest absolute Gasteiger partial charge is 0.366 e. The lowest BCUT2D eigenvalue weighted by atomic mass is 9.96. The first-order valence-corrected chi connectivity index (χ1v) is 8.82. The highest BCUT2D eigenvalue weighted by Gasteiger charge is 2.51. The van der Waals surface area contributed by atoms with Crippen LogP contribution in [0.4, 0.5) is 5.69 Å². The van der Waals surface area contributed by atoms with Gasteiger partial charge in [0.25, 0.3) is 0 Å². The maximum Gasteiger partial charge on any atom is 0.233 e. The van der Waals surface area contributed by atoms with E-state index in [1.165, 1.54) is 0 Å². The molecule has 1 aliphatic heterocycles. The first-order valence-electron chi connectivity index (χ1n) is 8.82. The molecule has 1 aliphatic rings. The topological polar surface area (TPSA) is 38.8 Å². The Balaban J connectivity index is 1.99. The smallest absolute Gasteiger partial charge is 0.233 e. The number of para-hydroxylation sites is 1. The molecule has 25 heavy (non-hydrogen) atoms. The van der Waals surface area contributed by atoms with E-state index in [2.05, 4.69) is 0 Å². The van der Waals surface area contributed by atoms with Gasteiger partial charge in [0, 0.05) is 18.8 Å². The summed E-state index contributed by atoms with van der Waals surface area (Å²) in [6.07, 6.45) is -0.132. The Morgan fingerprint density at radius 2 is 1.72 bits per heavy atom. The molecular weight excluding hydrogens is 314 g/mol. The molecule has 4 nitrogen and oxygen atoms in total. The van der Waals surface area contributed by atoms with Crippen molar-refractivity contribution in [2.45, 2.75) is 39.0 Å². The summed E-state index contributed by atoms with van der Waals surface area (Å²) < 4.78 is 12.1. The van der Waals surface area contributed by atoms with E-state index < -0.39 is 11.8 Å². The minimum absolute atomic E-state index is 0.0144. The van der Waals surface area contributed by atoms with E-state index in [0.717, 1.165) is 16.8 Å². The third-order valence-electron chi connectivity index (χ3n) is 4.64. The average molecular weight is 339 g/mol. The van der Waals surface area contributed by atoms with Crippen LogP contribution < -0.4 is 4.90 Å². The molecule has 2 unspecified atom stereocenters. The Kier molecular flexibility index (Phi) is 5.21. The molecular formula is C21H25NO3. The van der Waals surface area contributed by atoms with Crippen molar-refractivity contribution in [1.29, 1.82) is 0 Å². The van der Waals surface area contributed by atoms with Crippen LogP contribution in [0.5, 0.6) is 0 Å². The van der Waals surface area contributed by atoms with Gasteiger partial charge in [-0.15, -0.1) is 0 Å². The lowest BCUT2D eigenvalue weighted by Crippen LogP contribution is -2.49. The van der Waals surface area contributed by atoms with Crippen molar-refractivity contribution < 1.29 is 14.3 Å². The standard InChI is InChI=1S/C21H25NO3/c1-4-24-20-21(3,25-5-2)17-13-9-10-14-18(17)22(20)19(23)15-16-11-7-6-8-12-16/h6-14,20H,4-5,15H2,1-3H3. The summed E-state index contributed by atoms with van der Waals surface area (Å²) in [5.41, 5.74) is 2.19. The van der Waals surface area contributed by atoms with Gasteiger partial charge in [0.05, 0.1) is 12.1 Å². The van der Waals surface area contributed by atoms with Crippen LogP contribution in [0.3, 0.4) is 0 Å². The molecule has 2 aromatic carbocycles. The number of carbonyl (C=O) groups excluding carboxylic acids is 1. The second kappa shape index (κ2) is 7.38. The number of amides is 1. The minimum Gasteiger partial charge on any atom is -0.366 e. The molecule has 2 aromatic rings. The summed E-state index contributed by atoms with van der Waals surface area (Å²) in [5, 5.41) is 0. The number of fused-ring (bicyclic) bond motifs is 1. The monoisotopic (exact) mass is 339 g/mol. The highest BCUT2D eigenvalue weighted by atomic mass is 16.6. The number of rotatable bonds is 6. The predicted molar refractivity (Wildman–Crippen MR) is 98.5 cm³/mol. The number of benzene rings is 2. The van der Waals surface area contributed by atoms with Gasteiger partial charge in [0.1, 0.15) is 5.60 Å². The predicted octanol–water partition coefficient (Wildman–Crippen LogP) is 3.89. The fraction of sp³-hybridized carbons (Fsp3) is 0.381. The van der Waals surface area contributed by atoms with E-state index in [1.807, 2.05) is 75.4 Å². The number of ether oxygens (including phenoxy) is 2.